The summed E-state index contributed by atoms with van der Waals surface area (Å²) in [5.74, 6) is 0.914. The third-order valence-corrected chi connectivity index (χ3v) is 2.92. The lowest BCUT2D eigenvalue weighted by Crippen LogP contribution is -2.44. The van der Waals surface area contributed by atoms with E-state index in [0.29, 0.717) is 17.2 Å². The van der Waals surface area contributed by atoms with Crippen LogP contribution in [0, 0.1) is 0 Å². The molecule has 0 aliphatic heterocycles. The monoisotopic (exact) mass is 269 g/mol. The molecule has 0 saturated heterocycles. The van der Waals surface area contributed by atoms with Crippen LogP contribution in [0.25, 0.3) is 0 Å². The van der Waals surface area contributed by atoms with Gasteiger partial charge in [-0.1, -0.05) is 6.07 Å². The third-order valence-electron chi connectivity index (χ3n) is 2.25. The van der Waals surface area contributed by atoms with E-state index in [9.17, 15) is 4.79 Å². The van der Waals surface area contributed by atoms with Crippen LogP contribution in [0.3, 0.4) is 0 Å². The summed E-state index contributed by atoms with van der Waals surface area (Å²) in [6, 6.07) is 7.14. The minimum atomic E-state index is -0.423. The van der Waals surface area contributed by atoms with Gasteiger partial charge in [0.1, 0.15) is 5.75 Å². The van der Waals surface area contributed by atoms with Crippen molar-refractivity contribution in [2.75, 3.05) is 5.88 Å². The van der Waals surface area contributed by atoms with Crippen molar-refractivity contribution in [2.45, 2.75) is 39.3 Å². The Morgan fingerprint density at radius 1 is 1.44 bits per heavy atom. The average Bonchev–Trinajstić information content (AvgIpc) is 2.28. The molecule has 4 heteroatoms. The number of hydrogen-bond acceptors (Lipinski definition) is 2. The summed E-state index contributed by atoms with van der Waals surface area (Å²) < 4.78 is 5.56. The van der Waals surface area contributed by atoms with Gasteiger partial charge in [0.15, 0.2) is 0 Å². The van der Waals surface area contributed by atoms with Gasteiger partial charge in [-0.05, 0) is 45.9 Å². The molecule has 0 spiro atoms. The minimum absolute atomic E-state index is 0.0857. The molecule has 18 heavy (non-hydrogen) atoms. The number of nitrogens with one attached hydrogen (secondary N) is 1. The number of alkyl halides is 1. The molecule has 1 N–H and O–H groups in total. The van der Waals surface area contributed by atoms with Crippen molar-refractivity contribution in [2.24, 2.45) is 0 Å². The van der Waals surface area contributed by atoms with Crippen molar-refractivity contribution in [3.63, 3.8) is 0 Å². The fraction of sp³-hybridized carbons (Fsp3) is 0.500. The van der Waals surface area contributed by atoms with Crippen molar-refractivity contribution in [3.05, 3.63) is 29.8 Å². The SMILES string of the molecule is CC(C)Oc1cccc(C(=O)NC(C)(C)CCl)c1. The van der Waals surface area contributed by atoms with E-state index in [2.05, 4.69) is 5.32 Å². The van der Waals surface area contributed by atoms with E-state index < -0.39 is 5.54 Å². The Morgan fingerprint density at radius 2 is 2.11 bits per heavy atom. The van der Waals surface area contributed by atoms with Crippen molar-refractivity contribution >= 4 is 17.5 Å². The van der Waals surface area contributed by atoms with Crippen LogP contribution in [0.15, 0.2) is 24.3 Å². The topological polar surface area (TPSA) is 38.3 Å². The molecule has 1 rings (SSSR count). The molecular formula is C14H20ClNO2. The Balaban J connectivity index is 2.80. The molecule has 0 fully saturated rings. The van der Waals surface area contributed by atoms with Gasteiger partial charge in [-0.2, -0.15) is 0 Å². The van der Waals surface area contributed by atoms with Gasteiger partial charge in [0.05, 0.1) is 6.10 Å². The molecule has 0 unspecified atom stereocenters. The van der Waals surface area contributed by atoms with Crippen LogP contribution in [-0.2, 0) is 0 Å². The number of halogens is 1. The summed E-state index contributed by atoms with van der Waals surface area (Å²) in [5.41, 5.74) is 0.152. The van der Waals surface area contributed by atoms with Crippen LogP contribution < -0.4 is 10.1 Å². The number of carbonyl (C=O) groups is 1. The van der Waals surface area contributed by atoms with Crippen LogP contribution in [0.4, 0.5) is 0 Å². The lowest BCUT2D eigenvalue weighted by Gasteiger charge is -2.23. The van der Waals surface area contributed by atoms with Gasteiger partial charge in [0.25, 0.3) is 5.91 Å². The normalized spacial score (nSPS) is 11.4. The van der Waals surface area contributed by atoms with Crippen LogP contribution in [-0.4, -0.2) is 23.4 Å². The molecule has 1 amide bonds. The molecule has 0 bridgehead atoms. The Labute approximate surface area is 113 Å². The molecule has 3 nitrogen and oxygen atoms in total. The Morgan fingerprint density at radius 3 is 2.67 bits per heavy atom. The van der Waals surface area contributed by atoms with Gasteiger partial charge in [-0.3, -0.25) is 4.79 Å². The van der Waals surface area contributed by atoms with Crippen molar-refractivity contribution in [1.82, 2.24) is 5.32 Å². The molecule has 0 heterocycles. The standard InChI is InChI=1S/C14H20ClNO2/c1-10(2)18-12-7-5-6-11(8-12)13(17)16-14(3,4)9-15/h5-8,10H,9H2,1-4H3,(H,16,17). The fourth-order valence-electron chi connectivity index (χ4n) is 1.40. The molecule has 1 aromatic rings. The fourth-order valence-corrected chi connectivity index (χ4v) is 1.46. The second-order valence-electron chi connectivity index (χ2n) is 5.17. The molecule has 0 aliphatic rings. The van der Waals surface area contributed by atoms with Gasteiger partial charge >= 0.3 is 0 Å². The zero-order valence-corrected chi connectivity index (χ0v) is 12.0. The van der Waals surface area contributed by atoms with E-state index in [0.717, 1.165) is 0 Å². The molecule has 0 radical (unpaired) electrons. The predicted octanol–water partition coefficient (Wildman–Crippen LogP) is 3.22. The number of ether oxygens (including phenoxy) is 1. The average molecular weight is 270 g/mol. The first-order valence-electron chi connectivity index (χ1n) is 5.99. The summed E-state index contributed by atoms with van der Waals surface area (Å²) in [4.78, 5) is 12.0. The second-order valence-corrected chi connectivity index (χ2v) is 5.43. The first-order chi connectivity index (χ1) is 8.34. The predicted molar refractivity (Wildman–Crippen MR) is 74.5 cm³/mol. The van der Waals surface area contributed by atoms with Gasteiger partial charge in [-0.15, -0.1) is 11.6 Å². The lowest BCUT2D eigenvalue weighted by molar-refractivity contribution is 0.0919. The van der Waals surface area contributed by atoms with Gasteiger partial charge in [0, 0.05) is 17.0 Å². The van der Waals surface area contributed by atoms with Crippen molar-refractivity contribution < 1.29 is 9.53 Å². The third kappa shape index (κ3) is 4.57. The van der Waals surface area contributed by atoms with Gasteiger partial charge in [-0.25, -0.2) is 0 Å². The largest absolute Gasteiger partial charge is 0.491 e. The zero-order chi connectivity index (χ0) is 13.8. The maximum absolute atomic E-state index is 12.0. The summed E-state index contributed by atoms with van der Waals surface area (Å²) in [6.45, 7) is 7.66. The van der Waals surface area contributed by atoms with Crippen LogP contribution in [0.5, 0.6) is 5.75 Å². The Hall–Kier alpha value is -1.22. The van der Waals surface area contributed by atoms with Crippen molar-refractivity contribution in [3.8, 4) is 5.75 Å². The molecule has 0 saturated carbocycles. The molecule has 0 atom stereocenters. The van der Waals surface area contributed by atoms with E-state index in [-0.39, 0.29) is 12.0 Å². The maximum atomic E-state index is 12.0. The van der Waals surface area contributed by atoms with Gasteiger partial charge in [0.2, 0.25) is 0 Å². The highest BCUT2D eigenvalue weighted by Gasteiger charge is 2.20. The van der Waals surface area contributed by atoms with Crippen LogP contribution in [0.2, 0.25) is 0 Å². The number of rotatable bonds is 5. The quantitative estimate of drug-likeness (QED) is 0.834. The van der Waals surface area contributed by atoms with E-state index in [4.69, 9.17) is 16.3 Å². The molecular weight excluding hydrogens is 250 g/mol. The van der Waals surface area contributed by atoms with E-state index in [1.807, 2.05) is 33.8 Å². The first kappa shape index (κ1) is 14.8. The van der Waals surface area contributed by atoms with E-state index in [1.165, 1.54) is 0 Å². The maximum Gasteiger partial charge on any atom is 0.251 e. The molecule has 1 aromatic carbocycles. The highest BCUT2D eigenvalue weighted by atomic mass is 35.5. The van der Waals surface area contributed by atoms with E-state index in [1.54, 1.807) is 18.2 Å². The lowest BCUT2D eigenvalue weighted by atomic mass is 10.1. The smallest absolute Gasteiger partial charge is 0.251 e. The number of hydrogen-bond donors (Lipinski definition) is 1. The van der Waals surface area contributed by atoms with E-state index >= 15 is 0 Å². The number of amides is 1. The van der Waals surface area contributed by atoms with Gasteiger partial charge < -0.3 is 10.1 Å². The second kappa shape index (κ2) is 6.10. The Kier molecular flexibility index (Phi) is 5.03. The molecule has 0 aliphatic carbocycles. The summed E-state index contributed by atoms with van der Waals surface area (Å²) in [7, 11) is 0. The van der Waals surface area contributed by atoms with Crippen molar-refractivity contribution in [1.29, 1.82) is 0 Å². The molecule has 0 aromatic heterocycles. The Bertz CT molecular complexity index is 416. The minimum Gasteiger partial charge on any atom is -0.491 e. The summed E-state index contributed by atoms with van der Waals surface area (Å²) >= 11 is 5.79. The summed E-state index contributed by atoms with van der Waals surface area (Å²) in [5, 5.41) is 2.88. The highest BCUT2D eigenvalue weighted by molar-refractivity contribution is 6.18. The first-order valence-corrected chi connectivity index (χ1v) is 6.53. The van der Waals surface area contributed by atoms with Crippen LogP contribution in [0.1, 0.15) is 38.1 Å². The highest BCUT2D eigenvalue weighted by Crippen LogP contribution is 2.16. The molecule has 100 valence electrons. The number of carbonyl (C=O) groups excluding carboxylic acids is 1. The number of benzene rings is 1. The zero-order valence-electron chi connectivity index (χ0n) is 11.3. The van der Waals surface area contributed by atoms with Crippen LogP contribution >= 0.6 is 11.6 Å². The summed E-state index contributed by atoms with van der Waals surface area (Å²) in [6.07, 6.45) is 0.0857.